The number of nitrogens with one attached hydrogen (secondary N) is 3. The van der Waals surface area contributed by atoms with E-state index in [0.717, 1.165) is 35.6 Å². The van der Waals surface area contributed by atoms with Gasteiger partial charge in [0.15, 0.2) is 5.78 Å². The van der Waals surface area contributed by atoms with Crippen LogP contribution >= 0.6 is 0 Å². The zero-order valence-electron chi connectivity index (χ0n) is 14.8. The molecule has 4 rings (SSSR count). The van der Waals surface area contributed by atoms with Crippen molar-refractivity contribution < 1.29 is 4.79 Å². The van der Waals surface area contributed by atoms with Gasteiger partial charge in [-0.05, 0) is 44.0 Å². The number of benzene rings is 1. The van der Waals surface area contributed by atoms with Crippen LogP contribution in [-0.4, -0.2) is 16.9 Å². The highest BCUT2D eigenvalue weighted by Gasteiger charge is 2.28. The summed E-state index contributed by atoms with van der Waals surface area (Å²) in [5.74, 6) is 0.722. The van der Waals surface area contributed by atoms with E-state index in [1.54, 1.807) is 0 Å². The van der Waals surface area contributed by atoms with E-state index in [1.807, 2.05) is 43.3 Å². The van der Waals surface area contributed by atoms with Gasteiger partial charge in [-0.2, -0.15) is 0 Å². The number of aryl methyl sites for hydroxylation is 1. The summed E-state index contributed by atoms with van der Waals surface area (Å²) in [5.41, 5.74) is 4.29. The average Bonchev–Trinajstić information content (AvgIpc) is 2.62. The first-order valence-corrected chi connectivity index (χ1v) is 8.96. The highest BCUT2D eigenvalue weighted by Crippen LogP contribution is 2.32. The number of allylic oxidation sites excluding steroid dienone is 3. The molecule has 2 heterocycles. The Morgan fingerprint density at radius 1 is 1.19 bits per heavy atom. The molecule has 3 N–H and O–H groups in total. The highest BCUT2D eigenvalue weighted by atomic mass is 16.1. The summed E-state index contributed by atoms with van der Waals surface area (Å²) in [4.78, 5) is 17.4. The lowest BCUT2D eigenvalue weighted by molar-refractivity contribution is 0.0970. The number of carbonyl (C=O) groups is 1. The lowest BCUT2D eigenvalue weighted by atomic mass is 10.00. The number of carbonyl (C=O) groups excluding carboxylic acids is 1. The third kappa shape index (κ3) is 3.47. The average molecular weight is 346 g/mol. The van der Waals surface area contributed by atoms with Gasteiger partial charge >= 0.3 is 0 Å². The molecule has 5 nitrogen and oxygen atoms in total. The molecule has 0 spiro atoms. The quantitative estimate of drug-likeness (QED) is 0.771. The number of hydrogen-bond donors (Lipinski definition) is 3. The van der Waals surface area contributed by atoms with Crippen molar-refractivity contribution in [1.82, 2.24) is 10.3 Å². The van der Waals surface area contributed by atoms with Gasteiger partial charge in [0.25, 0.3) is 0 Å². The number of rotatable bonds is 4. The van der Waals surface area contributed by atoms with E-state index in [4.69, 9.17) is 0 Å². The normalized spacial score (nSPS) is 18.6. The number of Topliss-reactive ketones (excluding diaryl/α,β-unsaturated/α-hetero) is 1. The number of para-hydroxylation sites is 1. The van der Waals surface area contributed by atoms with Gasteiger partial charge in [-0.15, -0.1) is 0 Å². The lowest BCUT2D eigenvalue weighted by Crippen LogP contribution is -2.41. The molecular weight excluding hydrogens is 324 g/mol. The number of nitrogens with zero attached hydrogens (tertiary/aromatic N) is 1. The Labute approximate surface area is 153 Å². The van der Waals surface area contributed by atoms with E-state index < -0.39 is 0 Å². The fraction of sp³-hybridized carbons (Fsp3) is 0.238. The minimum absolute atomic E-state index is 0.0857. The Hall–Kier alpha value is -3.08. The van der Waals surface area contributed by atoms with Crippen LogP contribution in [0.4, 0.5) is 17.2 Å². The van der Waals surface area contributed by atoms with Crippen LogP contribution in [0.1, 0.15) is 35.3 Å². The molecule has 1 unspecified atom stereocenters. The number of anilines is 3. The highest BCUT2D eigenvalue weighted by molar-refractivity contribution is 6.08. The summed E-state index contributed by atoms with van der Waals surface area (Å²) in [6.07, 6.45) is 8.70. The monoisotopic (exact) mass is 346 g/mol. The first-order valence-electron chi connectivity index (χ1n) is 8.96. The molecule has 132 valence electrons. The van der Waals surface area contributed by atoms with Crippen LogP contribution < -0.4 is 16.0 Å². The number of hydrogen-bond acceptors (Lipinski definition) is 5. The van der Waals surface area contributed by atoms with Gasteiger partial charge in [-0.3, -0.25) is 4.79 Å². The molecule has 1 atom stereocenters. The Morgan fingerprint density at radius 2 is 2.04 bits per heavy atom. The van der Waals surface area contributed by atoms with E-state index in [1.165, 1.54) is 0 Å². The van der Waals surface area contributed by atoms with Crippen LogP contribution in [-0.2, 0) is 0 Å². The molecule has 1 aromatic heterocycles. The summed E-state index contributed by atoms with van der Waals surface area (Å²) in [6.45, 7) is 1.94. The van der Waals surface area contributed by atoms with Crippen molar-refractivity contribution in [3.63, 3.8) is 0 Å². The Bertz CT molecular complexity index is 886. The third-order valence-corrected chi connectivity index (χ3v) is 4.52. The maximum atomic E-state index is 12.9. The van der Waals surface area contributed by atoms with Crippen LogP contribution in [0.15, 0.2) is 60.3 Å². The summed E-state index contributed by atoms with van der Waals surface area (Å²) in [7, 11) is 0. The summed E-state index contributed by atoms with van der Waals surface area (Å²) >= 11 is 0. The molecule has 0 radical (unpaired) electrons. The van der Waals surface area contributed by atoms with Gasteiger partial charge in [-0.25, -0.2) is 4.98 Å². The molecule has 0 fully saturated rings. The van der Waals surface area contributed by atoms with Crippen LogP contribution in [0, 0.1) is 6.92 Å². The van der Waals surface area contributed by atoms with Crippen molar-refractivity contribution in [2.75, 3.05) is 10.6 Å². The van der Waals surface area contributed by atoms with Crippen LogP contribution in [0.25, 0.3) is 0 Å². The summed E-state index contributed by atoms with van der Waals surface area (Å²) < 4.78 is 0. The van der Waals surface area contributed by atoms with Crippen LogP contribution in [0.2, 0.25) is 0 Å². The molecule has 2 aromatic rings. The predicted octanol–water partition coefficient (Wildman–Crippen LogP) is 4.28. The zero-order chi connectivity index (χ0) is 17.9. The molecule has 5 heteroatoms. The Balaban J connectivity index is 1.61. The molecular formula is C21H22N4O. The standard InChI is InChI=1S/C21H22N4O/c1-14-12-17(23-15-8-4-2-5-9-15)20-18(26)13-19(25-21(20)22-14)24-16-10-6-3-7-11-16/h2,4-6,8-12,19,24H,3,7,13H2,1H3,(H2,22,23,25). The molecule has 0 amide bonds. The van der Waals surface area contributed by atoms with Crippen molar-refractivity contribution in [2.24, 2.45) is 0 Å². The lowest BCUT2D eigenvalue weighted by Gasteiger charge is -2.29. The van der Waals surface area contributed by atoms with Crippen molar-refractivity contribution in [3.8, 4) is 0 Å². The fourth-order valence-electron chi connectivity index (χ4n) is 3.35. The Kier molecular flexibility index (Phi) is 4.44. The van der Waals surface area contributed by atoms with Gasteiger partial charge in [0.05, 0.1) is 11.3 Å². The molecule has 0 saturated heterocycles. The van der Waals surface area contributed by atoms with E-state index >= 15 is 0 Å². The predicted molar refractivity (Wildman–Crippen MR) is 105 cm³/mol. The topological polar surface area (TPSA) is 66.1 Å². The van der Waals surface area contributed by atoms with Crippen molar-refractivity contribution in [2.45, 2.75) is 32.4 Å². The number of fused-ring (bicyclic) bond motifs is 1. The second kappa shape index (κ2) is 7.04. The maximum Gasteiger partial charge on any atom is 0.172 e. The van der Waals surface area contributed by atoms with E-state index in [2.05, 4.69) is 39.2 Å². The SMILES string of the molecule is Cc1cc(Nc2ccccc2)c2c(n1)NC(NC1=CCCC=C1)CC2=O. The summed E-state index contributed by atoms with van der Waals surface area (Å²) in [6, 6.07) is 11.8. The fourth-order valence-corrected chi connectivity index (χ4v) is 3.35. The largest absolute Gasteiger partial charge is 0.365 e. The second-order valence-electron chi connectivity index (χ2n) is 6.63. The van der Waals surface area contributed by atoms with E-state index in [-0.39, 0.29) is 11.9 Å². The first kappa shape index (κ1) is 16.4. The van der Waals surface area contributed by atoms with Crippen molar-refractivity contribution in [3.05, 3.63) is 71.6 Å². The van der Waals surface area contributed by atoms with Gasteiger partial charge in [0.1, 0.15) is 12.0 Å². The second-order valence-corrected chi connectivity index (χ2v) is 6.63. The first-order chi connectivity index (χ1) is 12.7. The van der Waals surface area contributed by atoms with E-state index in [0.29, 0.717) is 17.8 Å². The van der Waals surface area contributed by atoms with Crippen molar-refractivity contribution >= 4 is 23.0 Å². The molecule has 1 aliphatic carbocycles. The van der Waals surface area contributed by atoms with E-state index in [9.17, 15) is 4.79 Å². The summed E-state index contributed by atoms with van der Waals surface area (Å²) in [5, 5.41) is 10.1. The molecule has 2 aliphatic rings. The van der Waals surface area contributed by atoms with Gasteiger partial charge in [0.2, 0.25) is 0 Å². The van der Waals surface area contributed by atoms with Gasteiger partial charge in [0, 0.05) is 23.5 Å². The molecule has 26 heavy (non-hydrogen) atoms. The maximum absolute atomic E-state index is 12.9. The number of pyridine rings is 1. The number of aromatic nitrogens is 1. The number of ketones is 1. The molecule has 1 aliphatic heterocycles. The van der Waals surface area contributed by atoms with Crippen molar-refractivity contribution in [1.29, 1.82) is 0 Å². The molecule has 1 aromatic carbocycles. The van der Waals surface area contributed by atoms with Crippen LogP contribution in [0.5, 0.6) is 0 Å². The minimum Gasteiger partial charge on any atom is -0.365 e. The smallest absolute Gasteiger partial charge is 0.172 e. The van der Waals surface area contributed by atoms with Gasteiger partial charge in [-0.1, -0.05) is 30.4 Å². The zero-order valence-corrected chi connectivity index (χ0v) is 14.8. The Morgan fingerprint density at radius 3 is 2.81 bits per heavy atom. The molecule has 0 bridgehead atoms. The minimum atomic E-state index is -0.150. The third-order valence-electron chi connectivity index (χ3n) is 4.52. The van der Waals surface area contributed by atoms with Gasteiger partial charge < -0.3 is 16.0 Å². The molecule has 0 saturated carbocycles. The van der Waals surface area contributed by atoms with Crippen LogP contribution in [0.3, 0.4) is 0 Å².